The van der Waals surface area contributed by atoms with Gasteiger partial charge >= 0.3 is 0 Å². The summed E-state index contributed by atoms with van der Waals surface area (Å²) in [6.45, 7) is 5.04. The number of hydrogen-bond acceptors (Lipinski definition) is 3. The molecule has 1 aliphatic heterocycles. The maximum absolute atomic E-state index is 10.9. The highest BCUT2D eigenvalue weighted by Crippen LogP contribution is 2.56. The molecule has 2 saturated carbocycles. The third-order valence-corrected chi connectivity index (χ3v) is 5.92. The fourth-order valence-electron chi connectivity index (χ4n) is 4.46. The second kappa shape index (κ2) is 4.32. The van der Waals surface area contributed by atoms with E-state index in [-0.39, 0.29) is 18.1 Å². The lowest BCUT2D eigenvalue weighted by Crippen LogP contribution is -2.53. The van der Waals surface area contributed by atoms with E-state index in [1.54, 1.807) is 0 Å². The van der Waals surface area contributed by atoms with Crippen LogP contribution >= 0.6 is 0 Å². The van der Waals surface area contributed by atoms with Crippen LogP contribution < -0.4 is 0 Å². The topological polar surface area (TPSA) is 49.7 Å². The second-order valence-electron chi connectivity index (χ2n) is 6.55. The fraction of sp³-hybridized carbons (Fsp3) is 0.867. The van der Waals surface area contributed by atoms with E-state index in [1.165, 1.54) is 19.3 Å². The van der Waals surface area contributed by atoms with Gasteiger partial charge in [0, 0.05) is 5.41 Å². The summed E-state index contributed by atoms with van der Waals surface area (Å²) < 4.78 is 5.77. The van der Waals surface area contributed by atoms with Crippen molar-refractivity contribution in [2.75, 3.05) is 13.2 Å². The molecule has 3 heteroatoms. The highest BCUT2D eigenvalue weighted by Gasteiger charge is 2.54. The fourth-order valence-corrected chi connectivity index (χ4v) is 4.46. The third kappa shape index (κ3) is 1.54. The summed E-state index contributed by atoms with van der Waals surface area (Å²) in [6, 6.07) is 0. The Kier molecular flexibility index (Phi) is 3.04. The van der Waals surface area contributed by atoms with Crippen LogP contribution in [-0.4, -0.2) is 35.6 Å². The summed E-state index contributed by atoms with van der Waals surface area (Å²) in [5, 5.41) is 20.3. The number of fused-ring (bicyclic) bond motifs is 2. The van der Waals surface area contributed by atoms with E-state index in [2.05, 4.69) is 13.8 Å². The van der Waals surface area contributed by atoms with Crippen LogP contribution in [0.1, 0.15) is 39.5 Å². The minimum Gasteiger partial charge on any atom is -0.392 e. The van der Waals surface area contributed by atoms with Crippen molar-refractivity contribution in [3.05, 3.63) is 11.1 Å². The smallest absolute Gasteiger partial charge is 0.0838 e. The summed E-state index contributed by atoms with van der Waals surface area (Å²) >= 11 is 0. The Morgan fingerprint density at radius 3 is 2.89 bits per heavy atom. The van der Waals surface area contributed by atoms with Gasteiger partial charge in [-0.3, -0.25) is 0 Å². The zero-order chi connectivity index (χ0) is 12.9. The summed E-state index contributed by atoms with van der Waals surface area (Å²) in [4.78, 5) is 0. The Morgan fingerprint density at radius 1 is 1.39 bits per heavy atom. The van der Waals surface area contributed by atoms with Crippen molar-refractivity contribution >= 4 is 0 Å². The molecule has 1 heterocycles. The number of rotatable bonds is 1. The Hall–Kier alpha value is -0.380. The second-order valence-corrected chi connectivity index (χ2v) is 6.55. The Balaban J connectivity index is 2.00. The van der Waals surface area contributed by atoms with E-state index in [1.807, 2.05) is 0 Å². The molecule has 18 heavy (non-hydrogen) atoms. The van der Waals surface area contributed by atoms with Crippen molar-refractivity contribution < 1.29 is 14.9 Å². The number of aliphatic hydroxyl groups is 2. The van der Waals surface area contributed by atoms with Crippen LogP contribution in [-0.2, 0) is 4.74 Å². The van der Waals surface area contributed by atoms with E-state index in [0.29, 0.717) is 18.4 Å². The molecule has 3 aliphatic rings. The molecule has 2 fully saturated rings. The van der Waals surface area contributed by atoms with Gasteiger partial charge in [0.25, 0.3) is 0 Å². The minimum absolute atomic E-state index is 0.0258. The highest BCUT2D eigenvalue weighted by molar-refractivity contribution is 5.33. The number of ether oxygens (including phenoxy) is 1. The van der Waals surface area contributed by atoms with Crippen LogP contribution in [0.2, 0.25) is 0 Å². The molecular weight excluding hydrogens is 228 g/mol. The first-order chi connectivity index (χ1) is 8.59. The van der Waals surface area contributed by atoms with Gasteiger partial charge in [0.1, 0.15) is 0 Å². The molecular formula is C15H24O3. The first-order valence-electron chi connectivity index (χ1n) is 7.21. The highest BCUT2D eigenvalue weighted by atomic mass is 16.5. The van der Waals surface area contributed by atoms with Crippen molar-refractivity contribution in [2.24, 2.45) is 17.3 Å². The predicted octanol–water partition coefficient (Wildman–Crippen LogP) is 1.88. The normalized spacial score (nSPS) is 48.0. The van der Waals surface area contributed by atoms with Crippen molar-refractivity contribution in [3.8, 4) is 0 Å². The molecule has 0 spiro atoms. The average Bonchev–Trinajstić information content (AvgIpc) is 2.76. The van der Waals surface area contributed by atoms with Gasteiger partial charge < -0.3 is 14.9 Å². The molecule has 5 atom stereocenters. The van der Waals surface area contributed by atoms with E-state index >= 15 is 0 Å². The van der Waals surface area contributed by atoms with Crippen LogP contribution in [0.25, 0.3) is 0 Å². The molecule has 102 valence electrons. The maximum Gasteiger partial charge on any atom is 0.0838 e. The van der Waals surface area contributed by atoms with Crippen molar-refractivity contribution in [1.29, 1.82) is 0 Å². The molecule has 0 radical (unpaired) electrons. The summed E-state index contributed by atoms with van der Waals surface area (Å²) in [7, 11) is 0. The average molecular weight is 252 g/mol. The monoisotopic (exact) mass is 252 g/mol. The molecule has 3 nitrogen and oxygen atoms in total. The molecule has 0 amide bonds. The van der Waals surface area contributed by atoms with Crippen LogP contribution in [0, 0.1) is 17.3 Å². The quantitative estimate of drug-likeness (QED) is 0.701. The van der Waals surface area contributed by atoms with Crippen LogP contribution in [0.4, 0.5) is 0 Å². The first-order valence-corrected chi connectivity index (χ1v) is 7.21. The molecule has 0 saturated heterocycles. The van der Waals surface area contributed by atoms with Crippen LogP contribution in [0.5, 0.6) is 0 Å². The van der Waals surface area contributed by atoms with Gasteiger partial charge in [0.15, 0.2) is 0 Å². The van der Waals surface area contributed by atoms with Crippen molar-refractivity contribution in [2.45, 2.75) is 51.7 Å². The van der Waals surface area contributed by atoms with Crippen molar-refractivity contribution in [1.82, 2.24) is 0 Å². The SMILES string of the molecule is C[C@H]1CCC[C@@H]2C[C@@H]3OCC(CO)=C3[C@@H](O)[C@@]21C. The van der Waals surface area contributed by atoms with E-state index < -0.39 is 6.10 Å². The Morgan fingerprint density at radius 2 is 2.17 bits per heavy atom. The molecule has 2 aliphatic carbocycles. The molecule has 2 N–H and O–H groups in total. The van der Waals surface area contributed by atoms with Crippen LogP contribution in [0.15, 0.2) is 11.1 Å². The summed E-state index contributed by atoms with van der Waals surface area (Å²) in [5.41, 5.74) is 1.90. The van der Waals surface area contributed by atoms with Gasteiger partial charge in [-0.15, -0.1) is 0 Å². The number of hydrogen-bond donors (Lipinski definition) is 2. The van der Waals surface area contributed by atoms with Gasteiger partial charge in [-0.05, 0) is 35.8 Å². The molecule has 3 rings (SSSR count). The number of aliphatic hydroxyl groups excluding tert-OH is 2. The lowest BCUT2D eigenvalue weighted by Gasteiger charge is -2.54. The predicted molar refractivity (Wildman–Crippen MR) is 69.1 cm³/mol. The summed E-state index contributed by atoms with van der Waals surface area (Å²) in [5.74, 6) is 1.10. The minimum atomic E-state index is -0.429. The lowest BCUT2D eigenvalue weighted by atomic mass is 9.53. The maximum atomic E-state index is 10.9. The zero-order valence-electron chi connectivity index (χ0n) is 11.4. The van der Waals surface area contributed by atoms with Gasteiger partial charge in [0.2, 0.25) is 0 Å². The van der Waals surface area contributed by atoms with Gasteiger partial charge in [0.05, 0.1) is 25.4 Å². The zero-order valence-corrected chi connectivity index (χ0v) is 11.4. The molecule has 0 aromatic heterocycles. The summed E-state index contributed by atoms with van der Waals surface area (Å²) in [6.07, 6.45) is 4.34. The van der Waals surface area contributed by atoms with Gasteiger partial charge in [-0.25, -0.2) is 0 Å². The van der Waals surface area contributed by atoms with E-state index in [9.17, 15) is 10.2 Å². The first kappa shape index (κ1) is 12.6. The molecule has 0 unspecified atom stereocenters. The third-order valence-electron chi connectivity index (χ3n) is 5.92. The van der Waals surface area contributed by atoms with Crippen molar-refractivity contribution in [3.63, 3.8) is 0 Å². The van der Waals surface area contributed by atoms with E-state index in [4.69, 9.17) is 4.74 Å². The molecule has 0 aromatic rings. The van der Waals surface area contributed by atoms with Gasteiger partial charge in [-0.2, -0.15) is 0 Å². The Labute approximate surface area is 109 Å². The van der Waals surface area contributed by atoms with Crippen LogP contribution in [0.3, 0.4) is 0 Å². The molecule has 0 aromatic carbocycles. The van der Waals surface area contributed by atoms with E-state index in [0.717, 1.165) is 17.6 Å². The van der Waals surface area contributed by atoms with Gasteiger partial charge in [-0.1, -0.05) is 26.7 Å². The lowest BCUT2D eigenvalue weighted by molar-refractivity contribution is -0.0982. The molecule has 0 bridgehead atoms. The standard InChI is InChI=1S/C15H24O3/c1-9-4-3-5-11-6-12-13(10(7-16)8-18-12)14(17)15(9,11)2/h9,11-12,14,16-17H,3-8H2,1-2H3/t9-,11+,12-,14+,15+/m0/s1. The Bertz CT molecular complexity index is 376. The largest absolute Gasteiger partial charge is 0.392 e.